The molecule has 0 radical (unpaired) electrons. The molecule has 2 aliphatic rings. The number of benzene rings is 2. The molecular weight excluding hydrogens is 372 g/mol. The minimum absolute atomic E-state index is 0.0568. The third kappa shape index (κ3) is 3.72. The second-order valence-corrected chi connectivity index (χ2v) is 8.78. The van der Waals surface area contributed by atoms with Crippen molar-refractivity contribution in [3.63, 3.8) is 0 Å². The maximum atomic E-state index is 13.7. The molecule has 0 aliphatic heterocycles. The summed E-state index contributed by atoms with van der Waals surface area (Å²) in [5.41, 5.74) is 6.72. The summed E-state index contributed by atoms with van der Waals surface area (Å²) in [6, 6.07) is 14.6. The Kier molecular flexibility index (Phi) is 6.10. The third-order valence-electron chi connectivity index (χ3n) is 6.78. The average Bonchev–Trinajstić information content (AvgIpc) is 3.30. The molecule has 158 valence electrons. The fourth-order valence-electron chi connectivity index (χ4n) is 5.35. The van der Waals surface area contributed by atoms with Gasteiger partial charge in [0.15, 0.2) is 5.78 Å². The Morgan fingerprint density at radius 3 is 2.23 bits per heavy atom. The van der Waals surface area contributed by atoms with Gasteiger partial charge < -0.3 is 9.84 Å². The van der Waals surface area contributed by atoms with Crippen molar-refractivity contribution in [3.8, 4) is 0 Å². The lowest BCUT2D eigenvalue weighted by molar-refractivity contribution is -0.117. The minimum atomic E-state index is -0.0568. The van der Waals surface area contributed by atoms with Crippen LogP contribution in [0.1, 0.15) is 54.5 Å². The van der Waals surface area contributed by atoms with Gasteiger partial charge in [-0.15, -0.1) is 0 Å². The molecule has 2 aromatic rings. The highest BCUT2D eigenvalue weighted by Crippen LogP contribution is 2.52. The maximum absolute atomic E-state index is 13.7. The van der Waals surface area contributed by atoms with Gasteiger partial charge in [0.2, 0.25) is 0 Å². The van der Waals surface area contributed by atoms with Crippen LogP contribution in [0, 0.1) is 24.7 Å². The Bertz CT molecular complexity index is 932. The molecule has 0 aromatic heterocycles. The van der Waals surface area contributed by atoms with E-state index in [9.17, 15) is 9.90 Å². The number of hydrogen-bond donors (Lipinski definition) is 1. The Morgan fingerprint density at radius 2 is 1.63 bits per heavy atom. The van der Waals surface area contributed by atoms with E-state index in [-0.39, 0.29) is 30.1 Å². The summed E-state index contributed by atoms with van der Waals surface area (Å²) in [5.74, 6) is 1.29. The van der Waals surface area contributed by atoms with Crippen LogP contribution in [0.3, 0.4) is 0 Å². The van der Waals surface area contributed by atoms with Gasteiger partial charge in [-0.1, -0.05) is 61.9 Å². The molecule has 1 fully saturated rings. The molecule has 4 rings (SSSR count). The molecule has 3 nitrogen and oxygen atoms in total. The molecule has 3 atom stereocenters. The molecule has 2 aromatic carbocycles. The van der Waals surface area contributed by atoms with Crippen LogP contribution in [-0.2, 0) is 29.0 Å². The van der Waals surface area contributed by atoms with Gasteiger partial charge >= 0.3 is 0 Å². The molecular formula is C27H32O3. The lowest BCUT2D eigenvalue weighted by Gasteiger charge is -2.20. The van der Waals surface area contributed by atoms with Crippen molar-refractivity contribution in [1.82, 2.24) is 0 Å². The van der Waals surface area contributed by atoms with E-state index in [0.29, 0.717) is 6.61 Å². The van der Waals surface area contributed by atoms with E-state index in [1.165, 1.54) is 16.7 Å². The maximum Gasteiger partial charge on any atom is 0.170 e. The first-order chi connectivity index (χ1) is 14.6. The standard InChI is InChI=1S/C27H32O3/c1-4-20-11-17(3)12-21(5-2)24(20)25-26(29)22-13-19(15-28)14-23(22)27(25)30-16-18-9-7-6-8-10-18/h6-12,19,22-23,28H,4-5,13-16H2,1-3H3. The van der Waals surface area contributed by atoms with Crippen LogP contribution >= 0.6 is 0 Å². The molecule has 2 aliphatic carbocycles. The molecule has 1 N–H and O–H groups in total. The first kappa shape index (κ1) is 20.9. The quantitative estimate of drug-likeness (QED) is 0.684. The van der Waals surface area contributed by atoms with E-state index in [0.717, 1.165) is 48.1 Å². The van der Waals surface area contributed by atoms with Crippen LogP contribution in [0.4, 0.5) is 0 Å². The van der Waals surface area contributed by atoms with E-state index in [4.69, 9.17) is 4.74 Å². The molecule has 0 saturated heterocycles. The van der Waals surface area contributed by atoms with Crippen LogP contribution in [0.2, 0.25) is 0 Å². The van der Waals surface area contributed by atoms with Gasteiger partial charge in [0.05, 0.1) is 5.57 Å². The Hall–Kier alpha value is -2.39. The predicted molar refractivity (Wildman–Crippen MR) is 120 cm³/mol. The first-order valence-electron chi connectivity index (χ1n) is 11.3. The zero-order chi connectivity index (χ0) is 21.3. The average molecular weight is 405 g/mol. The fraction of sp³-hybridized carbons (Fsp3) is 0.444. The minimum Gasteiger partial charge on any atom is -0.492 e. The monoisotopic (exact) mass is 404 g/mol. The van der Waals surface area contributed by atoms with Crippen molar-refractivity contribution in [2.45, 2.75) is 53.1 Å². The third-order valence-corrected chi connectivity index (χ3v) is 6.78. The number of aliphatic hydroxyl groups is 1. The number of aryl methyl sites for hydroxylation is 3. The van der Waals surface area contributed by atoms with E-state index < -0.39 is 0 Å². The number of aliphatic hydroxyl groups excluding tert-OH is 1. The SMILES string of the molecule is CCc1cc(C)cc(CC)c1C1=C(OCc2ccccc2)C2CC(CO)CC2C1=O. The smallest absolute Gasteiger partial charge is 0.170 e. The van der Waals surface area contributed by atoms with E-state index >= 15 is 0 Å². The summed E-state index contributed by atoms with van der Waals surface area (Å²) in [4.78, 5) is 13.7. The summed E-state index contributed by atoms with van der Waals surface area (Å²) < 4.78 is 6.44. The Balaban J connectivity index is 1.82. The summed E-state index contributed by atoms with van der Waals surface area (Å²) in [5, 5.41) is 9.71. The van der Waals surface area contributed by atoms with Gasteiger partial charge in [-0.2, -0.15) is 0 Å². The van der Waals surface area contributed by atoms with Gasteiger partial charge in [-0.3, -0.25) is 4.79 Å². The molecule has 3 heteroatoms. The number of hydrogen-bond acceptors (Lipinski definition) is 3. The highest BCUT2D eigenvalue weighted by atomic mass is 16.5. The van der Waals surface area contributed by atoms with Crippen molar-refractivity contribution in [2.75, 3.05) is 6.61 Å². The highest BCUT2D eigenvalue weighted by Gasteiger charge is 2.49. The summed E-state index contributed by atoms with van der Waals surface area (Å²) in [6.07, 6.45) is 3.37. The van der Waals surface area contributed by atoms with Crippen molar-refractivity contribution < 1.29 is 14.6 Å². The number of ether oxygens (including phenoxy) is 1. The molecule has 0 heterocycles. The topological polar surface area (TPSA) is 46.5 Å². The Labute approximate surface area is 179 Å². The van der Waals surface area contributed by atoms with E-state index in [2.05, 4.69) is 45.0 Å². The van der Waals surface area contributed by atoms with Gasteiger partial charge in [-0.25, -0.2) is 0 Å². The zero-order valence-corrected chi connectivity index (χ0v) is 18.3. The first-order valence-corrected chi connectivity index (χ1v) is 11.3. The largest absolute Gasteiger partial charge is 0.492 e. The molecule has 0 amide bonds. The van der Waals surface area contributed by atoms with Crippen LogP contribution in [0.15, 0.2) is 48.2 Å². The van der Waals surface area contributed by atoms with Crippen molar-refractivity contribution in [1.29, 1.82) is 0 Å². The number of Topliss-reactive ketones (excluding diaryl/α,β-unsaturated/α-hetero) is 1. The number of allylic oxidation sites excluding steroid dienone is 2. The number of carbonyl (C=O) groups excluding carboxylic acids is 1. The fourth-order valence-corrected chi connectivity index (χ4v) is 5.35. The van der Waals surface area contributed by atoms with E-state index in [1.54, 1.807) is 0 Å². The van der Waals surface area contributed by atoms with E-state index in [1.807, 2.05) is 18.2 Å². The molecule has 30 heavy (non-hydrogen) atoms. The number of fused-ring (bicyclic) bond motifs is 1. The molecule has 3 unspecified atom stereocenters. The van der Waals surface area contributed by atoms with Crippen molar-refractivity contribution in [2.24, 2.45) is 17.8 Å². The predicted octanol–water partition coefficient (Wildman–Crippen LogP) is 5.27. The Morgan fingerprint density at radius 1 is 1.00 bits per heavy atom. The summed E-state index contributed by atoms with van der Waals surface area (Å²) in [6.45, 7) is 7.05. The van der Waals surface area contributed by atoms with Crippen LogP contribution < -0.4 is 0 Å². The van der Waals surface area contributed by atoms with Crippen LogP contribution in [0.25, 0.3) is 5.57 Å². The molecule has 1 saturated carbocycles. The highest BCUT2D eigenvalue weighted by molar-refractivity contribution is 6.25. The number of ketones is 1. The normalized spacial score (nSPS) is 23.2. The number of rotatable bonds is 7. The zero-order valence-electron chi connectivity index (χ0n) is 18.3. The lowest BCUT2D eigenvalue weighted by Crippen LogP contribution is -2.14. The van der Waals surface area contributed by atoms with Crippen LogP contribution in [-0.4, -0.2) is 17.5 Å². The number of carbonyl (C=O) groups is 1. The second-order valence-electron chi connectivity index (χ2n) is 8.78. The lowest BCUT2D eigenvalue weighted by atomic mass is 9.87. The van der Waals surface area contributed by atoms with Gasteiger partial charge in [0.1, 0.15) is 12.4 Å². The summed E-state index contributed by atoms with van der Waals surface area (Å²) >= 11 is 0. The summed E-state index contributed by atoms with van der Waals surface area (Å²) in [7, 11) is 0. The van der Waals surface area contributed by atoms with Crippen molar-refractivity contribution in [3.05, 3.63) is 76.0 Å². The van der Waals surface area contributed by atoms with Gasteiger partial charge in [-0.05, 0) is 60.8 Å². The van der Waals surface area contributed by atoms with Gasteiger partial charge in [0.25, 0.3) is 0 Å². The second kappa shape index (κ2) is 8.77. The van der Waals surface area contributed by atoms with Crippen LogP contribution in [0.5, 0.6) is 0 Å². The molecule has 0 spiro atoms. The molecule has 0 bridgehead atoms. The van der Waals surface area contributed by atoms with Crippen molar-refractivity contribution >= 4 is 11.4 Å². The van der Waals surface area contributed by atoms with Gasteiger partial charge in [0, 0.05) is 18.4 Å².